The van der Waals surface area contributed by atoms with Crippen molar-refractivity contribution >= 4 is 0 Å². The fraction of sp³-hybridized carbons (Fsp3) is 1.00. The van der Waals surface area contributed by atoms with E-state index in [0.29, 0.717) is 12.0 Å². The Bertz CT molecular complexity index is 309. The molecule has 3 rings (SSSR count). The molecule has 1 heterocycles. The minimum atomic E-state index is -0.0135. The number of nitrogens with zero attached hydrogens (tertiary/aromatic N) is 1. The molecule has 0 spiro atoms. The van der Waals surface area contributed by atoms with E-state index in [1.165, 1.54) is 38.8 Å². The lowest BCUT2D eigenvalue weighted by atomic mass is 9.78. The lowest BCUT2D eigenvalue weighted by molar-refractivity contribution is 0.114. The number of likely N-dealkylation sites (tertiary alicyclic amines) is 1. The van der Waals surface area contributed by atoms with E-state index in [2.05, 4.69) is 24.2 Å². The van der Waals surface area contributed by atoms with Gasteiger partial charge in [0.05, 0.1) is 6.10 Å². The second-order valence-electron chi connectivity index (χ2n) is 7.36. The molecule has 3 heteroatoms. The molecule has 3 nitrogen and oxygen atoms in total. The van der Waals surface area contributed by atoms with Crippen molar-refractivity contribution in [3.05, 3.63) is 0 Å². The first-order chi connectivity index (χ1) is 9.17. The number of hydrogen-bond acceptors (Lipinski definition) is 3. The quantitative estimate of drug-likeness (QED) is 0.816. The van der Waals surface area contributed by atoms with Gasteiger partial charge in [-0.3, -0.25) is 0 Å². The molecule has 1 aliphatic heterocycles. The maximum Gasteiger partial charge on any atom is 0.0583 e. The molecular formula is C16H30N2O. The zero-order valence-electron chi connectivity index (χ0n) is 12.5. The molecule has 0 radical (unpaired) electrons. The summed E-state index contributed by atoms with van der Waals surface area (Å²) in [5, 5.41) is 13.6. The minimum absolute atomic E-state index is 0.0135. The highest BCUT2D eigenvalue weighted by atomic mass is 16.3. The van der Waals surface area contributed by atoms with Gasteiger partial charge in [0.15, 0.2) is 0 Å². The van der Waals surface area contributed by atoms with Crippen molar-refractivity contribution in [2.75, 3.05) is 26.7 Å². The lowest BCUT2D eigenvalue weighted by Gasteiger charge is -2.37. The van der Waals surface area contributed by atoms with Gasteiger partial charge in [0.25, 0.3) is 0 Å². The van der Waals surface area contributed by atoms with Crippen LogP contribution in [0.5, 0.6) is 0 Å². The Kier molecular flexibility index (Phi) is 4.16. The maximum atomic E-state index is 10.0. The number of nitrogens with one attached hydrogen (secondary N) is 1. The van der Waals surface area contributed by atoms with Gasteiger partial charge in [0, 0.05) is 31.6 Å². The molecule has 19 heavy (non-hydrogen) atoms. The van der Waals surface area contributed by atoms with Gasteiger partial charge in [-0.15, -0.1) is 0 Å². The van der Waals surface area contributed by atoms with Crippen LogP contribution in [0.1, 0.15) is 39.0 Å². The Morgan fingerprint density at radius 1 is 1.16 bits per heavy atom. The predicted octanol–water partition coefficient (Wildman–Crippen LogP) is 1.71. The highest BCUT2D eigenvalue weighted by molar-refractivity contribution is 4.95. The Hall–Kier alpha value is -0.120. The van der Waals surface area contributed by atoms with Gasteiger partial charge in [0.2, 0.25) is 0 Å². The molecule has 0 aromatic carbocycles. The summed E-state index contributed by atoms with van der Waals surface area (Å²) in [7, 11) is 2.12. The molecule has 3 fully saturated rings. The van der Waals surface area contributed by atoms with Gasteiger partial charge in [-0.2, -0.15) is 0 Å². The average molecular weight is 266 g/mol. The van der Waals surface area contributed by atoms with Gasteiger partial charge in [-0.25, -0.2) is 0 Å². The summed E-state index contributed by atoms with van der Waals surface area (Å²) in [6, 6.07) is 0.710. The normalized spacial score (nSPS) is 47.5. The van der Waals surface area contributed by atoms with Crippen molar-refractivity contribution in [1.82, 2.24) is 10.2 Å². The number of aliphatic hydroxyl groups excluding tert-OH is 1. The van der Waals surface area contributed by atoms with E-state index in [1.54, 1.807) is 0 Å². The minimum Gasteiger partial charge on any atom is -0.393 e. The molecule has 2 aliphatic carbocycles. The average Bonchev–Trinajstić information content (AvgIpc) is 2.92. The first-order valence-corrected chi connectivity index (χ1v) is 8.25. The molecular weight excluding hydrogens is 236 g/mol. The molecule has 6 atom stereocenters. The zero-order chi connectivity index (χ0) is 13.4. The van der Waals surface area contributed by atoms with Gasteiger partial charge in [0.1, 0.15) is 0 Å². The van der Waals surface area contributed by atoms with Crippen LogP contribution in [0, 0.1) is 23.7 Å². The summed E-state index contributed by atoms with van der Waals surface area (Å²) in [5.41, 5.74) is 0. The summed E-state index contributed by atoms with van der Waals surface area (Å²) in [5.74, 6) is 3.06. The molecule has 0 aromatic rings. The topological polar surface area (TPSA) is 35.5 Å². The second-order valence-corrected chi connectivity index (χ2v) is 7.36. The van der Waals surface area contributed by atoms with Crippen LogP contribution in [0.3, 0.4) is 0 Å². The Morgan fingerprint density at radius 2 is 2.00 bits per heavy atom. The number of hydrogen-bond donors (Lipinski definition) is 2. The van der Waals surface area contributed by atoms with Crippen LogP contribution in [0.15, 0.2) is 0 Å². The third-order valence-electron chi connectivity index (χ3n) is 6.00. The standard InChI is InChI=1S/C16H30N2O/c1-11-3-5-15(17-2)13(7-11)9-18-8-12-4-6-16(19)14(12)10-18/h11-17,19H,3-10H2,1-2H3. The monoisotopic (exact) mass is 266 g/mol. The maximum absolute atomic E-state index is 10.0. The highest BCUT2D eigenvalue weighted by Crippen LogP contribution is 2.39. The smallest absolute Gasteiger partial charge is 0.0583 e. The van der Waals surface area contributed by atoms with E-state index in [1.807, 2.05) is 0 Å². The summed E-state index contributed by atoms with van der Waals surface area (Å²) in [6.07, 6.45) is 6.37. The van der Waals surface area contributed by atoms with Crippen LogP contribution in [-0.2, 0) is 0 Å². The largest absolute Gasteiger partial charge is 0.393 e. The van der Waals surface area contributed by atoms with Crippen molar-refractivity contribution in [3.63, 3.8) is 0 Å². The SMILES string of the molecule is CNC1CCC(C)CC1CN1CC2CCC(O)C2C1. The third-order valence-corrected chi connectivity index (χ3v) is 6.00. The Morgan fingerprint density at radius 3 is 2.74 bits per heavy atom. The fourth-order valence-corrected chi connectivity index (χ4v) is 4.89. The molecule has 110 valence electrons. The van der Waals surface area contributed by atoms with E-state index in [9.17, 15) is 5.11 Å². The molecule has 0 aromatic heterocycles. The van der Waals surface area contributed by atoms with Crippen LogP contribution >= 0.6 is 0 Å². The van der Waals surface area contributed by atoms with E-state index < -0.39 is 0 Å². The third kappa shape index (κ3) is 2.84. The summed E-state index contributed by atoms with van der Waals surface area (Å²) >= 11 is 0. The van der Waals surface area contributed by atoms with E-state index in [-0.39, 0.29) is 6.10 Å². The van der Waals surface area contributed by atoms with Crippen LogP contribution in [0.2, 0.25) is 0 Å². The van der Waals surface area contributed by atoms with Gasteiger partial charge in [-0.1, -0.05) is 6.92 Å². The van der Waals surface area contributed by atoms with Crippen molar-refractivity contribution in [2.45, 2.75) is 51.2 Å². The Labute approximate surface area is 117 Å². The van der Waals surface area contributed by atoms with Gasteiger partial charge in [-0.05, 0) is 56.9 Å². The van der Waals surface area contributed by atoms with Crippen LogP contribution in [-0.4, -0.2) is 48.8 Å². The zero-order valence-corrected chi connectivity index (χ0v) is 12.5. The summed E-state index contributed by atoms with van der Waals surface area (Å²) in [4.78, 5) is 2.64. The molecule has 1 saturated heterocycles. The van der Waals surface area contributed by atoms with Crippen molar-refractivity contribution < 1.29 is 5.11 Å². The molecule has 0 amide bonds. The van der Waals surface area contributed by atoms with E-state index in [4.69, 9.17) is 0 Å². The van der Waals surface area contributed by atoms with Gasteiger partial charge < -0.3 is 15.3 Å². The molecule has 0 bridgehead atoms. The highest BCUT2D eigenvalue weighted by Gasteiger charge is 2.42. The summed E-state index contributed by atoms with van der Waals surface area (Å²) in [6.45, 7) is 6.03. The second kappa shape index (κ2) is 5.71. The van der Waals surface area contributed by atoms with Crippen molar-refractivity contribution in [1.29, 1.82) is 0 Å². The van der Waals surface area contributed by atoms with Crippen LogP contribution in [0.4, 0.5) is 0 Å². The number of rotatable bonds is 3. The molecule has 3 aliphatic rings. The lowest BCUT2D eigenvalue weighted by Crippen LogP contribution is -2.44. The molecule has 6 unspecified atom stereocenters. The first kappa shape index (κ1) is 13.8. The molecule has 2 saturated carbocycles. The number of fused-ring (bicyclic) bond motifs is 1. The number of aliphatic hydroxyl groups is 1. The van der Waals surface area contributed by atoms with Crippen molar-refractivity contribution in [3.8, 4) is 0 Å². The fourth-order valence-electron chi connectivity index (χ4n) is 4.89. The van der Waals surface area contributed by atoms with Crippen LogP contribution < -0.4 is 5.32 Å². The van der Waals surface area contributed by atoms with E-state index in [0.717, 1.165) is 30.7 Å². The Balaban J connectivity index is 1.56. The van der Waals surface area contributed by atoms with Gasteiger partial charge >= 0.3 is 0 Å². The molecule has 2 N–H and O–H groups in total. The predicted molar refractivity (Wildman–Crippen MR) is 78.0 cm³/mol. The van der Waals surface area contributed by atoms with Crippen molar-refractivity contribution in [2.24, 2.45) is 23.7 Å². The van der Waals surface area contributed by atoms with Crippen LogP contribution in [0.25, 0.3) is 0 Å². The summed E-state index contributed by atoms with van der Waals surface area (Å²) < 4.78 is 0. The first-order valence-electron chi connectivity index (χ1n) is 8.25. The van der Waals surface area contributed by atoms with E-state index >= 15 is 0 Å².